The highest BCUT2D eigenvalue weighted by molar-refractivity contribution is 5.94. The third-order valence-electron chi connectivity index (χ3n) is 5.61. The molecule has 2 aliphatic heterocycles. The Balaban J connectivity index is 1.41. The first kappa shape index (κ1) is 17.6. The average molecular weight is 363 g/mol. The molecule has 5 nitrogen and oxygen atoms in total. The van der Waals surface area contributed by atoms with E-state index in [1.165, 1.54) is 0 Å². The second-order valence-corrected chi connectivity index (χ2v) is 7.45. The molecular formula is C22H25N3O2. The van der Waals surface area contributed by atoms with Gasteiger partial charge in [-0.2, -0.15) is 0 Å². The molecule has 2 aromatic rings. The standard InChI is InChI=1S/C22H25N3O2/c26-21(16-8-3-1-4-9-16)23-18-14-19-12-7-13-20(15-18)25(19)22(27)24-17-10-5-2-6-11-17/h1-6,8-11,18-20H,7,12-15H2,(H,23,26)(H,24,27)/t18?,19-,20+. The predicted molar refractivity (Wildman–Crippen MR) is 106 cm³/mol. The van der Waals surface area contributed by atoms with E-state index in [4.69, 9.17) is 0 Å². The van der Waals surface area contributed by atoms with Gasteiger partial charge in [-0.1, -0.05) is 36.4 Å². The van der Waals surface area contributed by atoms with Crippen molar-refractivity contribution in [3.63, 3.8) is 0 Å². The summed E-state index contributed by atoms with van der Waals surface area (Å²) in [6.45, 7) is 0. The lowest BCUT2D eigenvalue weighted by Gasteiger charge is -2.48. The molecule has 2 bridgehead atoms. The number of hydrogen-bond donors (Lipinski definition) is 2. The third-order valence-corrected chi connectivity index (χ3v) is 5.61. The van der Waals surface area contributed by atoms with Crippen LogP contribution in [0.3, 0.4) is 0 Å². The Labute approximate surface area is 159 Å². The highest BCUT2D eigenvalue weighted by atomic mass is 16.2. The van der Waals surface area contributed by atoms with Gasteiger partial charge in [0.1, 0.15) is 0 Å². The molecule has 140 valence electrons. The number of nitrogens with one attached hydrogen (secondary N) is 2. The summed E-state index contributed by atoms with van der Waals surface area (Å²) in [6.07, 6.45) is 4.77. The molecule has 0 aromatic heterocycles. The lowest BCUT2D eigenvalue weighted by molar-refractivity contribution is 0.0577. The summed E-state index contributed by atoms with van der Waals surface area (Å²) < 4.78 is 0. The molecule has 2 N–H and O–H groups in total. The number of carbonyl (C=O) groups is 2. The molecule has 0 saturated carbocycles. The molecule has 27 heavy (non-hydrogen) atoms. The highest BCUT2D eigenvalue weighted by Crippen LogP contribution is 2.34. The maximum absolute atomic E-state index is 12.9. The van der Waals surface area contributed by atoms with Crippen LogP contribution in [0.5, 0.6) is 0 Å². The number of fused-ring (bicyclic) bond motifs is 2. The van der Waals surface area contributed by atoms with Gasteiger partial charge in [0.25, 0.3) is 5.91 Å². The number of anilines is 1. The van der Waals surface area contributed by atoms with E-state index in [2.05, 4.69) is 10.6 Å². The van der Waals surface area contributed by atoms with Gasteiger partial charge in [-0.05, 0) is 56.4 Å². The summed E-state index contributed by atoms with van der Waals surface area (Å²) in [6, 6.07) is 19.4. The number of hydrogen-bond acceptors (Lipinski definition) is 2. The number of benzene rings is 2. The molecule has 0 aliphatic carbocycles. The number of para-hydroxylation sites is 1. The number of amides is 3. The monoisotopic (exact) mass is 363 g/mol. The van der Waals surface area contributed by atoms with Gasteiger partial charge in [-0.3, -0.25) is 4.79 Å². The Morgan fingerprint density at radius 2 is 1.44 bits per heavy atom. The maximum atomic E-state index is 12.9. The van der Waals surface area contributed by atoms with Crippen LogP contribution in [0.2, 0.25) is 0 Å². The van der Waals surface area contributed by atoms with E-state index >= 15 is 0 Å². The molecule has 3 amide bonds. The molecular weight excluding hydrogens is 338 g/mol. The van der Waals surface area contributed by atoms with Gasteiger partial charge in [-0.15, -0.1) is 0 Å². The van der Waals surface area contributed by atoms with Crippen LogP contribution in [-0.2, 0) is 0 Å². The van der Waals surface area contributed by atoms with Crippen LogP contribution < -0.4 is 10.6 Å². The third kappa shape index (κ3) is 3.97. The van der Waals surface area contributed by atoms with Crippen LogP contribution in [0.4, 0.5) is 10.5 Å². The topological polar surface area (TPSA) is 61.4 Å². The Hall–Kier alpha value is -2.82. The van der Waals surface area contributed by atoms with Gasteiger partial charge in [0.15, 0.2) is 0 Å². The first-order valence-corrected chi connectivity index (χ1v) is 9.71. The first-order valence-electron chi connectivity index (χ1n) is 9.71. The van der Waals surface area contributed by atoms with Gasteiger partial charge in [0.2, 0.25) is 0 Å². The summed E-state index contributed by atoms with van der Waals surface area (Å²) in [5, 5.41) is 6.20. The van der Waals surface area contributed by atoms with Crippen molar-refractivity contribution in [2.45, 2.75) is 50.2 Å². The first-order chi connectivity index (χ1) is 13.2. The van der Waals surface area contributed by atoms with E-state index in [1.807, 2.05) is 65.6 Å². The van der Waals surface area contributed by atoms with Crippen LogP contribution in [0.15, 0.2) is 60.7 Å². The molecule has 5 heteroatoms. The molecule has 1 unspecified atom stereocenters. The summed E-state index contributed by atoms with van der Waals surface area (Å²) >= 11 is 0. The molecule has 0 spiro atoms. The van der Waals surface area contributed by atoms with Crippen molar-refractivity contribution in [1.82, 2.24) is 10.2 Å². The Bertz CT molecular complexity index is 780. The Morgan fingerprint density at radius 1 is 0.852 bits per heavy atom. The number of nitrogens with zero attached hydrogens (tertiary/aromatic N) is 1. The number of piperidine rings is 2. The summed E-state index contributed by atoms with van der Waals surface area (Å²) in [4.78, 5) is 27.4. The number of rotatable bonds is 3. The van der Waals surface area contributed by atoms with E-state index in [-0.39, 0.29) is 30.1 Å². The van der Waals surface area contributed by atoms with Crippen molar-refractivity contribution in [2.75, 3.05) is 5.32 Å². The van der Waals surface area contributed by atoms with E-state index in [0.29, 0.717) is 5.56 Å². The predicted octanol–water partition coefficient (Wildman–Crippen LogP) is 4.03. The zero-order chi connectivity index (χ0) is 18.6. The summed E-state index contributed by atoms with van der Waals surface area (Å²) in [5.74, 6) is -0.0270. The van der Waals surface area contributed by atoms with Crippen LogP contribution in [-0.4, -0.2) is 35.0 Å². The minimum atomic E-state index is -0.0270. The zero-order valence-corrected chi connectivity index (χ0v) is 15.3. The Morgan fingerprint density at radius 3 is 2.07 bits per heavy atom. The van der Waals surface area contributed by atoms with Crippen LogP contribution in [0.25, 0.3) is 0 Å². The van der Waals surface area contributed by atoms with Gasteiger partial charge in [0, 0.05) is 29.4 Å². The van der Waals surface area contributed by atoms with Crippen molar-refractivity contribution < 1.29 is 9.59 Å². The molecule has 0 radical (unpaired) electrons. The molecule has 3 atom stereocenters. The fourth-order valence-corrected chi connectivity index (χ4v) is 4.40. The quantitative estimate of drug-likeness (QED) is 0.865. The van der Waals surface area contributed by atoms with E-state index in [1.54, 1.807) is 0 Å². The Kier molecular flexibility index (Phi) is 5.10. The molecule has 2 saturated heterocycles. The van der Waals surface area contributed by atoms with Crippen molar-refractivity contribution in [2.24, 2.45) is 0 Å². The summed E-state index contributed by atoms with van der Waals surface area (Å²) in [7, 11) is 0. The SMILES string of the molecule is O=C(NC1C[C@H]2CCC[C@@H](C1)N2C(=O)Nc1ccccc1)c1ccccc1. The molecule has 2 aliphatic rings. The molecule has 2 aromatic carbocycles. The zero-order valence-electron chi connectivity index (χ0n) is 15.3. The maximum Gasteiger partial charge on any atom is 0.322 e. The molecule has 2 heterocycles. The average Bonchev–Trinajstić information content (AvgIpc) is 2.68. The lowest BCUT2D eigenvalue weighted by atomic mass is 9.82. The van der Waals surface area contributed by atoms with Gasteiger partial charge < -0.3 is 15.5 Å². The van der Waals surface area contributed by atoms with Gasteiger partial charge in [0.05, 0.1) is 0 Å². The minimum Gasteiger partial charge on any atom is -0.349 e. The van der Waals surface area contributed by atoms with Crippen molar-refractivity contribution >= 4 is 17.6 Å². The lowest BCUT2D eigenvalue weighted by Crippen LogP contribution is -2.59. The van der Waals surface area contributed by atoms with E-state index < -0.39 is 0 Å². The van der Waals surface area contributed by atoms with Gasteiger partial charge >= 0.3 is 6.03 Å². The van der Waals surface area contributed by atoms with Crippen LogP contribution in [0.1, 0.15) is 42.5 Å². The molecule has 2 fully saturated rings. The smallest absolute Gasteiger partial charge is 0.322 e. The second-order valence-electron chi connectivity index (χ2n) is 7.45. The largest absolute Gasteiger partial charge is 0.349 e. The molecule has 4 rings (SSSR count). The number of urea groups is 1. The second kappa shape index (κ2) is 7.82. The van der Waals surface area contributed by atoms with Crippen LogP contribution >= 0.6 is 0 Å². The van der Waals surface area contributed by atoms with Crippen LogP contribution in [0, 0.1) is 0 Å². The highest BCUT2D eigenvalue weighted by Gasteiger charge is 2.41. The van der Waals surface area contributed by atoms with E-state index in [9.17, 15) is 9.59 Å². The fraction of sp³-hybridized carbons (Fsp3) is 0.364. The number of carbonyl (C=O) groups excluding carboxylic acids is 2. The van der Waals surface area contributed by atoms with Crippen molar-refractivity contribution in [1.29, 1.82) is 0 Å². The fourth-order valence-electron chi connectivity index (χ4n) is 4.40. The van der Waals surface area contributed by atoms with Gasteiger partial charge in [-0.25, -0.2) is 4.79 Å². The van der Waals surface area contributed by atoms with Crippen molar-refractivity contribution in [3.8, 4) is 0 Å². The summed E-state index contributed by atoms with van der Waals surface area (Å²) in [5.41, 5.74) is 1.51. The minimum absolute atomic E-state index is 0.0243. The normalized spacial score (nSPS) is 24.1. The van der Waals surface area contributed by atoms with E-state index in [0.717, 1.165) is 37.8 Å². The van der Waals surface area contributed by atoms with Crippen molar-refractivity contribution in [3.05, 3.63) is 66.2 Å².